The van der Waals surface area contributed by atoms with Gasteiger partial charge < -0.3 is 4.74 Å². The molecule has 2 aromatic carbocycles. The molecule has 0 bridgehead atoms. The first-order valence-electron chi connectivity index (χ1n) is 6.43. The number of hydrogen-bond donors (Lipinski definition) is 1. The van der Waals surface area contributed by atoms with Gasteiger partial charge in [-0.3, -0.25) is 4.79 Å². The molecule has 0 radical (unpaired) electrons. The van der Waals surface area contributed by atoms with Gasteiger partial charge in [0, 0.05) is 21.2 Å². The van der Waals surface area contributed by atoms with Crippen molar-refractivity contribution >= 4 is 39.1 Å². The molecule has 0 fully saturated rings. The van der Waals surface area contributed by atoms with Crippen LogP contribution in [0.15, 0.2) is 42.5 Å². The summed E-state index contributed by atoms with van der Waals surface area (Å²) < 4.78 is 29.5. The minimum Gasteiger partial charge on any atom is -0.489 e. The number of hydrogen-bond acceptors (Lipinski definition) is 4. The van der Waals surface area contributed by atoms with Crippen LogP contribution in [-0.4, -0.2) is 20.6 Å². The van der Waals surface area contributed by atoms with Gasteiger partial charge in [-0.25, -0.2) is 13.1 Å². The fourth-order valence-electron chi connectivity index (χ4n) is 1.74. The van der Waals surface area contributed by atoms with Crippen LogP contribution in [0, 0.1) is 0 Å². The molecule has 0 saturated carbocycles. The molecule has 5 nitrogen and oxygen atoms in total. The third kappa shape index (κ3) is 5.42. The first-order chi connectivity index (χ1) is 10.7. The molecule has 1 amide bonds. The van der Waals surface area contributed by atoms with Crippen LogP contribution >= 0.6 is 23.2 Å². The van der Waals surface area contributed by atoms with E-state index < -0.39 is 15.9 Å². The molecule has 0 atom stereocenters. The molecule has 1 N–H and O–H groups in total. The fraction of sp³-hybridized carbons (Fsp3) is 0.133. The second-order valence-electron chi connectivity index (χ2n) is 4.75. The minimum absolute atomic E-state index is 0.212. The van der Waals surface area contributed by atoms with Crippen LogP contribution in [-0.2, 0) is 16.6 Å². The van der Waals surface area contributed by atoms with Crippen molar-refractivity contribution in [1.29, 1.82) is 0 Å². The summed E-state index contributed by atoms with van der Waals surface area (Å²) in [5.41, 5.74) is 0.946. The molecule has 2 rings (SSSR count). The Labute approximate surface area is 144 Å². The van der Waals surface area contributed by atoms with Gasteiger partial charge in [0.2, 0.25) is 10.0 Å². The Morgan fingerprint density at radius 2 is 1.78 bits per heavy atom. The van der Waals surface area contributed by atoms with Gasteiger partial charge in [0.1, 0.15) is 12.4 Å². The second-order valence-corrected chi connectivity index (χ2v) is 7.34. The van der Waals surface area contributed by atoms with Crippen molar-refractivity contribution in [2.24, 2.45) is 0 Å². The molecule has 2 aromatic rings. The maximum absolute atomic E-state index is 11.7. The van der Waals surface area contributed by atoms with Crippen LogP contribution in [0.4, 0.5) is 0 Å². The molecule has 0 aliphatic heterocycles. The lowest BCUT2D eigenvalue weighted by atomic mass is 10.2. The summed E-state index contributed by atoms with van der Waals surface area (Å²) in [6.07, 6.45) is 0.914. The highest BCUT2D eigenvalue weighted by molar-refractivity contribution is 7.89. The average Bonchev–Trinajstić information content (AvgIpc) is 2.47. The fourth-order valence-corrected chi connectivity index (χ4v) is 2.57. The van der Waals surface area contributed by atoms with Crippen molar-refractivity contribution in [3.05, 3.63) is 63.6 Å². The normalized spacial score (nSPS) is 11.1. The maximum Gasteiger partial charge on any atom is 0.264 e. The van der Waals surface area contributed by atoms with E-state index in [-0.39, 0.29) is 12.2 Å². The van der Waals surface area contributed by atoms with E-state index in [1.807, 2.05) is 4.72 Å². The van der Waals surface area contributed by atoms with Gasteiger partial charge in [0.05, 0.1) is 6.26 Å². The van der Waals surface area contributed by atoms with Crippen molar-refractivity contribution in [3.63, 3.8) is 0 Å². The van der Waals surface area contributed by atoms with Crippen molar-refractivity contribution in [3.8, 4) is 5.75 Å². The van der Waals surface area contributed by atoms with Crippen molar-refractivity contribution in [2.45, 2.75) is 6.61 Å². The lowest BCUT2D eigenvalue weighted by Gasteiger charge is -2.09. The maximum atomic E-state index is 11.7. The molecule has 0 unspecified atom stereocenters. The van der Waals surface area contributed by atoms with Crippen LogP contribution in [0.25, 0.3) is 0 Å². The summed E-state index contributed by atoms with van der Waals surface area (Å²) in [4.78, 5) is 11.7. The number of benzene rings is 2. The molecule has 0 saturated heterocycles. The molecule has 0 aromatic heterocycles. The molecule has 122 valence electrons. The number of carbonyl (C=O) groups excluding carboxylic acids is 1. The van der Waals surface area contributed by atoms with Gasteiger partial charge in [-0.15, -0.1) is 0 Å². The number of carbonyl (C=O) groups is 1. The summed E-state index contributed by atoms with van der Waals surface area (Å²) in [5.74, 6) is -0.186. The molecule has 0 spiro atoms. The summed E-state index contributed by atoms with van der Waals surface area (Å²) in [5, 5.41) is 1.10. The topological polar surface area (TPSA) is 72.5 Å². The monoisotopic (exact) mass is 373 g/mol. The zero-order valence-electron chi connectivity index (χ0n) is 12.0. The van der Waals surface area contributed by atoms with E-state index in [1.165, 1.54) is 12.1 Å². The van der Waals surface area contributed by atoms with Gasteiger partial charge in [0.15, 0.2) is 0 Å². The molecule has 0 aliphatic carbocycles. The number of sulfonamides is 1. The molecular formula is C15H13Cl2NO4S. The Bertz CT molecular complexity index is 820. The zero-order valence-corrected chi connectivity index (χ0v) is 14.4. The zero-order chi connectivity index (χ0) is 17.0. The van der Waals surface area contributed by atoms with Gasteiger partial charge in [-0.05, 0) is 42.5 Å². The van der Waals surface area contributed by atoms with E-state index in [4.69, 9.17) is 27.9 Å². The van der Waals surface area contributed by atoms with E-state index >= 15 is 0 Å². The summed E-state index contributed by atoms with van der Waals surface area (Å²) in [6, 6.07) is 11.1. The first kappa shape index (κ1) is 17.6. The number of nitrogens with one attached hydrogen (secondary N) is 1. The summed E-state index contributed by atoms with van der Waals surface area (Å²) in [6.45, 7) is 0.217. The van der Waals surface area contributed by atoms with Crippen LogP contribution in [0.3, 0.4) is 0 Å². The number of amides is 1. The average molecular weight is 374 g/mol. The predicted octanol–water partition coefficient (Wildman–Crippen LogP) is 3.26. The Morgan fingerprint density at radius 3 is 2.39 bits per heavy atom. The highest BCUT2D eigenvalue weighted by Crippen LogP contribution is 2.22. The van der Waals surface area contributed by atoms with Crippen molar-refractivity contribution in [2.75, 3.05) is 6.26 Å². The van der Waals surface area contributed by atoms with Crippen LogP contribution in [0.1, 0.15) is 15.9 Å². The van der Waals surface area contributed by atoms with E-state index in [0.29, 0.717) is 15.8 Å². The largest absolute Gasteiger partial charge is 0.489 e. The quantitative estimate of drug-likeness (QED) is 0.872. The van der Waals surface area contributed by atoms with Crippen molar-refractivity contribution < 1.29 is 17.9 Å². The standard InChI is InChI=1S/C15H13Cl2NO4S/c1-23(20,21)18-15(19)10-2-5-13(6-3-10)22-9-11-8-12(16)4-7-14(11)17/h2-8H,9H2,1H3,(H,18,19). The highest BCUT2D eigenvalue weighted by atomic mass is 35.5. The predicted molar refractivity (Wildman–Crippen MR) is 89.5 cm³/mol. The number of ether oxygens (including phenoxy) is 1. The van der Waals surface area contributed by atoms with Crippen molar-refractivity contribution in [1.82, 2.24) is 4.72 Å². The van der Waals surface area contributed by atoms with E-state index in [0.717, 1.165) is 11.8 Å². The SMILES string of the molecule is CS(=O)(=O)NC(=O)c1ccc(OCc2cc(Cl)ccc2Cl)cc1. The van der Waals surface area contributed by atoms with Crippen LogP contribution in [0.2, 0.25) is 10.0 Å². The van der Waals surface area contributed by atoms with Gasteiger partial charge in [-0.1, -0.05) is 23.2 Å². The Hall–Kier alpha value is -1.76. The Balaban J connectivity index is 2.03. The molecule has 23 heavy (non-hydrogen) atoms. The van der Waals surface area contributed by atoms with Gasteiger partial charge >= 0.3 is 0 Å². The van der Waals surface area contributed by atoms with E-state index in [2.05, 4.69) is 0 Å². The van der Waals surface area contributed by atoms with Crippen LogP contribution in [0.5, 0.6) is 5.75 Å². The van der Waals surface area contributed by atoms with E-state index in [1.54, 1.807) is 30.3 Å². The highest BCUT2D eigenvalue weighted by Gasteiger charge is 2.11. The Kier molecular flexibility index (Phi) is 5.51. The molecule has 0 aliphatic rings. The van der Waals surface area contributed by atoms with Crippen LogP contribution < -0.4 is 9.46 Å². The third-order valence-electron chi connectivity index (χ3n) is 2.80. The lowest BCUT2D eigenvalue weighted by molar-refractivity contribution is 0.0981. The molecule has 0 heterocycles. The Morgan fingerprint density at radius 1 is 1.13 bits per heavy atom. The van der Waals surface area contributed by atoms with Gasteiger partial charge in [-0.2, -0.15) is 0 Å². The number of rotatable bonds is 5. The smallest absolute Gasteiger partial charge is 0.264 e. The summed E-state index contributed by atoms with van der Waals surface area (Å²) >= 11 is 11.9. The van der Waals surface area contributed by atoms with E-state index in [9.17, 15) is 13.2 Å². The molecular weight excluding hydrogens is 361 g/mol. The second kappa shape index (κ2) is 7.21. The minimum atomic E-state index is -3.59. The third-order valence-corrected chi connectivity index (χ3v) is 3.96. The first-order valence-corrected chi connectivity index (χ1v) is 9.08. The summed E-state index contributed by atoms with van der Waals surface area (Å²) in [7, 11) is -3.59. The lowest BCUT2D eigenvalue weighted by Crippen LogP contribution is -2.29. The number of halogens is 2. The van der Waals surface area contributed by atoms with Gasteiger partial charge in [0.25, 0.3) is 5.91 Å². The molecule has 8 heteroatoms.